The van der Waals surface area contributed by atoms with Gasteiger partial charge in [0.25, 0.3) is 0 Å². The molecule has 6 atom stereocenters. The van der Waals surface area contributed by atoms with Gasteiger partial charge in [0.05, 0.1) is 5.92 Å². The largest absolute Gasteiger partial charge is 0.459 e. The van der Waals surface area contributed by atoms with Crippen LogP contribution in [0.2, 0.25) is 0 Å². The van der Waals surface area contributed by atoms with Crippen LogP contribution >= 0.6 is 11.6 Å². The van der Waals surface area contributed by atoms with E-state index in [9.17, 15) is 9.59 Å². The predicted molar refractivity (Wildman–Crippen MR) is 70.0 cm³/mol. The lowest BCUT2D eigenvalue weighted by molar-refractivity contribution is -0.184. The highest BCUT2D eigenvalue weighted by atomic mass is 35.5. The Hall–Kier alpha value is -0.810. The number of ether oxygens (including phenoxy) is 3. The number of hydrogen-bond acceptors (Lipinski definition) is 5. The number of rotatable bonds is 4. The lowest BCUT2D eigenvalue weighted by Gasteiger charge is -2.41. The number of hydrogen-bond donors (Lipinski definition) is 0. The van der Waals surface area contributed by atoms with Crippen LogP contribution in [-0.2, 0) is 23.8 Å². The molecule has 6 heteroatoms. The smallest absolute Gasteiger partial charge is 0.325 e. The maximum Gasteiger partial charge on any atom is 0.325 e. The van der Waals surface area contributed by atoms with Gasteiger partial charge in [0.1, 0.15) is 17.6 Å². The van der Waals surface area contributed by atoms with Crippen molar-refractivity contribution in [2.24, 2.45) is 17.8 Å². The first-order valence-corrected chi connectivity index (χ1v) is 7.61. The Morgan fingerprint density at radius 1 is 1.40 bits per heavy atom. The van der Waals surface area contributed by atoms with Crippen molar-refractivity contribution in [3.8, 4) is 0 Å². The van der Waals surface area contributed by atoms with Crippen LogP contribution in [0.15, 0.2) is 0 Å². The van der Waals surface area contributed by atoms with Gasteiger partial charge in [-0.15, -0.1) is 11.6 Å². The van der Waals surface area contributed by atoms with Crippen LogP contribution in [0.25, 0.3) is 0 Å². The molecule has 6 unspecified atom stereocenters. The van der Waals surface area contributed by atoms with Crippen LogP contribution < -0.4 is 0 Å². The zero-order valence-corrected chi connectivity index (χ0v) is 12.2. The van der Waals surface area contributed by atoms with Gasteiger partial charge >= 0.3 is 11.9 Å². The molecule has 112 valence electrons. The fraction of sp³-hybridized carbons (Fsp3) is 0.857. The molecular formula is C14H19ClO5. The number of fused-ring (bicyclic) bond motifs is 1. The molecule has 2 aliphatic heterocycles. The monoisotopic (exact) mass is 302 g/mol. The predicted octanol–water partition coefficient (Wildman–Crippen LogP) is 1.86. The fourth-order valence-corrected chi connectivity index (χ4v) is 3.86. The molecule has 0 aromatic heterocycles. The molecular weight excluding hydrogens is 284 g/mol. The van der Waals surface area contributed by atoms with Crippen LogP contribution in [0.4, 0.5) is 0 Å². The van der Waals surface area contributed by atoms with E-state index in [0.717, 1.165) is 25.7 Å². The Balaban J connectivity index is 1.60. The van der Waals surface area contributed by atoms with Crippen LogP contribution in [0, 0.1) is 17.8 Å². The van der Waals surface area contributed by atoms with Gasteiger partial charge in [-0.3, -0.25) is 9.59 Å². The number of carbonyl (C=O) groups excluding carboxylic acids is 2. The third kappa shape index (κ3) is 2.66. The molecule has 4 bridgehead atoms. The number of halogens is 1. The van der Waals surface area contributed by atoms with Gasteiger partial charge in [-0.2, -0.15) is 0 Å². The van der Waals surface area contributed by atoms with E-state index in [2.05, 4.69) is 0 Å². The molecule has 0 aromatic carbocycles. The molecule has 2 aliphatic carbocycles. The maximum absolute atomic E-state index is 11.9. The number of esters is 2. The zero-order valence-electron chi connectivity index (χ0n) is 11.4. The number of carbonyl (C=O) groups is 2. The molecule has 2 saturated carbocycles. The summed E-state index contributed by atoms with van der Waals surface area (Å²) in [4.78, 5) is 23.2. The lowest BCUT2D eigenvalue weighted by Crippen LogP contribution is -2.44. The van der Waals surface area contributed by atoms with Crippen molar-refractivity contribution in [3.05, 3.63) is 0 Å². The number of alkyl halides is 1. The van der Waals surface area contributed by atoms with E-state index in [-0.39, 0.29) is 30.9 Å². The molecule has 0 aromatic rings. The topological polar surface area (TPSA) is 61.8 Å². The van der Waals surface area contributed by atoms with Crippen LogP contribution in [0.3, 0.4) is 0 Å². The van der Waals surface area contributed by atoms with E-state index in [1.54, 1.807) is 6.92 Å². The summed E-state index contributed by atoms with van der Waals surface area (Å²) in [6.07, 6.45) is 3.38. The second-order valence-corrected chi connectivity index (χ2v) is 6.72. The summed E-state index contributed by atoms with van der Waals surface area (Å²) in [6.45, 7) is 1.43. The fourth-order valence-electron chi connectivity index (χ4n) is 3.79. The van der Waals surface area contributed by atoms with E-state index in [1.165, 1.54) is 0 Å². The third-order valence-electron chi connectivity index (χ3n) is 4.63. The van der Waals surface area contributed by atoms with Crippen LogP contribution in [0.5, 0.6) is 0 Å². The summed E-state index contributed by atoms with van der Waals surface area (Å²) in [6, 6.07) is 0. The minimum absolute atomic E-state index is 0.0303. The lowest BCUT2D eigenvalue weighted by atomic mass is 9.67. The van der Waals surface area contributed by atoms with E-state index < -0.39 is 11.3 Å². The SMILES string of the molecule is CC(Cl)C(=O)OCOC1C2CC3CC(C2)C(=O)OC1C3. The molecule has 4 rings (SSSR count). The van der Waals surface area contributed by atoms with Crippen molar-refractivity contribution in [1.82, 2.24) is 0 Å². The van der Waals surface area contributed by atoms with Gasteiger partial charge in [0.2, 0.25) is 0 Å². The first-order valence-electron chi connectivity index (χ1n) is 7.17. The molecule has 0 N–H and O–H groups in total. The Bertz CT molecular complexity index is 410. The first-order chi connectivity index (χ1) is 9.54. The van der Waals surface area contributed by atoms with E-state index in [4.69, 9.17) is 25.8 Å². The molecule has 20 heavy (non-hydrogen) atoms. The molecule has 4 fully saturated rings. The highest BCUT2D eigenvalue weighted by molar-refractivity contribution is 6.29. The van der Waals surface area contributed by atoms with E-state index >= 15 is 0 Å². The standard InChI is InChI=1S/C14H19ClO5/c1-7(15)13(16)19-6-18-12-9-2-8-3-10(5-9)14(17)20-11(12)4-8/h7-12H,2-6H2,1H3. The summed E-state index contributed by atoms with van der Waals surface area (Å²) >= 11 is 5.62. The maximum atomic E-state index is 11.9. The summed E-state index contributed by atoms with van der Waals surface area (Å²) in [5.41, 5.74) is 0. The van der Waals surface area contributed by atoms with Crippen LogP contribution in [0.1, 0.15) is 32.6 Å². The molecule has 4 aliphatic rings. The Morgan fingerprint density at radius 3 is 2.95 bits per heavy atom. The summed E-state index contributed by atoms with van der Waals surface area (Å²) in [7, 11) is 0. The first kappa shape index (κ1) is 14.1. The normalized spacial score (nSPS) is 40.1. The highest BCUT2D eigenvalue weighted by Gasteiger charge is 2.50. The van der Waals surface area contributed by atoms with Gasteiger partial charge < -0.3 is 14.2 Å². The molecule has 0 spiro atoms. The molecule has 2 heterocycles. The molecule has 5 nitrogen and oxygen atoms in total. The van der Waals surface area contributed by atoms with Gasteiger partial charge in [-0.1, -0.05) is 0 Å². The average Bonchev–Trinajstić information content (AvgIpc) is 2.55. The molecule has 0 radical (unpaired) electrons. The van der Waals surface area contributed by atoms with E-state index in [1.807, 2.05) is 0 Å². The second kappa shape index (κ2) is 5.53. The van der Waals surface area contributed by atoms with Crippen molar-refractivity contribution < 1.29 is 23.8 Å². The Morgan fingerprint density at radius 2 is 2.20 bits per heavy atom. The van der Waals surface area contributed by atoms with Gasteiger partial charge in [0.15, 0.2) is 6.79 Å². The Kier molecular flexibility index (Phi) is 3.91. The zero-order chi connectivity index (χ0) is 14.3. The Labute approximate surface area is 122 Å². The summed E-state index contributed by atoms with van der Waals surface area (Å²) < 4.78 is 16.2. The quantitative estimate of drug-likeness (QED) is 0.451. The average molecular weight is 303 g/mol. The second-order valence-electron chi connectivity index (χ2n) is 6.07. The third-order valence-corrected chi connectivity index (χ3v) is 4.80. The van der Waals surface area contributed by atoms with Gasteiger partial charge in [0, 0.05) is 0 Å². The molecule has 2 saturated heterocycles. The van der Waals surface area contributed by atoms with Crippen molar-refractivity contribution in [1.29, 1.82) is 0 Å². The van der Waals surface area contributed by atoms with Crippen molar-refractivity contribution in [2.45, 2.75) is 50.2 Å². The molecule has 0 amide bonds. The van der Waals surface area contributed by atoms with Crippen molar-refractivity contribution in [2.75, 3.05) is 6.79 Å². The minimum atomic E-state index is -0.683. The van der Waals surface area contributed by atoms with Crippen molar-refractivity contribution >= 4 is 23.5 Å². The van der Waals surface area contributed by atoms with Crippen LogP contribution in [-0.4, -0.2) is 36.3 Å². The minimum Gasteiger partial charge on any atom is -0.459 e. The van der Waals surface area contributed by atoms with Crippen molar-refractivity contribution in [3.63, 3.8) is 0 Å². The van der Waals surface area contributed by atoms with Gasteiger partial charge in [-0.25, -0.2) is 0 Å². The summed E-state index contributed by atoms with van der Waals surface area (Å²) in [5.74, 6) is 0.351. The van der Waals surface area contributed by atoms with E-state index in [0.29, 0.717) is 11.8 Å². The highest BCUT2D eigenvalue weighted by Crippen LogP contribution is 2.48. The summed E-state index contributed by atoms with van der Waals surface area (Å²) in [5, 5.41) is -0.683. The van der Waals surface area contributed by atoms with Gasteiger partial charge in [-0.05, 0) is 44.4 Å².